The number of nitrogens with two attached hydrogens (primary N) is 1. The maximum Gasteiger partial charge on any atom is 0.243 e. The minimum absolute atomic E-state index is 0.0521. The summed E-state index contributed by atoms with van der Waals surface area (Å²) in [5.41, 5.74) is 5.45. The summed E-state index contributed by atoms with van der Waals surface area (Å²) in [5, 5.41) is 0. The summed E-state index contributed by atoms with van der Waals surface area (Å²) in [6, 6.07) is 0. The van der Waals surface area contributed by atoms with Crippen LogP contribution in [0.4, 0.5) is 5.95 Å². The highest BCUT2D eigenvalue weighted by Crippen LogP contribution is 2.51. The van der Waals surface area contributed by atoms with Gasteiger partial charge in [0.05, 0.1) is 12.4 Å². The fourth-order valence-corrected chi connectivity index (χ4v) is 2.93. The zero-order valence-electron chi connectivity index (χ0n) is 10.5. The molecule has 0 saturated heterocycles. The van der Waals surface area contributed by atoms with Crippen LogP contribution in [0.3, 0.4) is 0 Å². The molecule has 2 rings (SSSR count). The number of rotatable bonds is 5. The lowest BCUT2D eigenvalue weighted by Gasteiger charge is -2.19. The third-order valence-corrected chi connectivity index (χ3v) is 5.05. The van der Waals surface area contributed by atoms with E-state index in [0.29, 0.717) is 12.5 Å². The van der Waals surface area contributed by atoms with Crippen molar-refractivity contribution in [3.8, 4) is 0 Å². The topological polar surface area (TPSA) is 98.0 Å². The monoisotopic (exact) mass is 270 g/mol. The Morgan fingerprint density at radius 3 is 2.39 bits per heavy atom. The van der Waals surface area contributed by atoms with Crippen LogP contribution in [0, 0.1) is 11.3 Å². The van der Waals surface area contributed by atoms with E-state index in [2.05, 4.69) is 28.5 Å². The van der Waals surface area contributed by atoms with Crippen LogP contribution in [-0.4, -0.2) is 24.9 Å². The predicted molar refractivity (Wildman–Crippen MR) is 68.1 cm³/mol. The zero-order valence-corrected chi connectivity index (χ0v) is 11.4. The van der Waals surface area contributed by atoms with Gasteiger partial charge in [-0.2, -0.15) is 0 Å². The molecular formula is C11H18N4O2S. The van der Waals surface area contributed by atoms with E-state index in [9.17, 15) is 8.42 Å². The number of nitrogens with one attached hydrogen (secondary N) is 1. The van der Waals surface area contributed by atoms with E-state index in [1.54, 1.807) is 0 Å². The van der Waals surface area contributed by atoms with Crippen LogP contribution in [0.2, 0.25) is 0 Å². The van der Waals surface area contributed by atoms with Crippen LogP contribution >= 0.6 is 0 Å². The minimum Gasteiger partial charge on any atom is -0.368 e. The Hall–Kier alpha value is -1.21. The van der Waals surface area contributed by atoms with Crippen molar-refractivity contribution in [1.82, 2.24) is 14.7 Å². The summed E-state index contributed by atoms with van der Waals surface area (Å²) in [6.07, 6.45) is 4.59. The van der Waals surface area contributed by atoms with Crippen molar-refractivity contribution >= 4 is 16.0 Å². The first-order valence-electron chi connectivity index (χ1n) is 5.93. The Balaban J connectivity index is 2.06. The molecule has 0 spiro atoms. The van der Waals surface area contributed by atoms with Crippen molar-refractivity contribution in [1.29, 1.82) is 0 Å². The van der Waals surface area contributed by atoms with Gasteiger partial charge in [-0.15, -0.1) is 0 Å². The summed E-state index contributed by atoms with van der Waals surface area (Å²) in [4.78, 5) is 7.43. The quantitative estimate of drug-likeness (QED) is 0.823. The number of nitrogen functional groups attached to an aromatic ring is 1. The Morgan fingerprint density at radius 2 is 1.94 bits per heavy atom. The van der Waals surface area contributed by atoms with Gasteiger partial charge in [-0.3, -0.25) is 0 Å². The molecule has 0 aliphatic heterocycles. The predicted octanol–water partition coefficient (Wildman–Crippen LogP) is 0.773. The second kappa shape index (κ2) is 4.47. The van der Waals surface area contributed by atoms with Gasteiger partial charge in [0.15, 0.2) is 0 Å². The van der Waals surface area contributed by atoms with Crippen molar-refractivity contribution in [2.75, 3.05) is 12.3 Å². The lowest BCUT2D eigenvalue weighted by molar-refractivity contribution is 0.357. The molecule has 1 heterocycles. The van der Waals surface area contributed by atoms with Crippen LogP contribution in [0.1, 0.15) is 26.7 Å². The third kappa shape index (κ3) is 2.62. The van der Waals surface area contributed by atoms with Gasteiger partial charge in [-0.25, -0.2) is 23.1 Å². The number of nitrogens with zero attached hydrogens (tertiary/aromatic N) is 2. The van der Waals surface area contributed by atoms with E-state index >= 15 is 0 Å². The normalized spacial score (nSPS) is 17.9. The Morgan fingerprint density at radius 1 is 1.39 bits per heavy atom. The molecule has 6 nitrogen and oxygen atoms in total. The van der Waals surface area contributed by atoms with Crippen molar-refractivity contribution < 1.29 is 8.42 Å². The van der Waals surface area contributed by atoms with Crippen molar-refractivity contribution in [3.05, 3.63) is 12.4 Å². The lowest BCUT2D eigenvalue weighted by Crippen LogP contribution is -2.32. The number of hydrogen-bond acceptors (Lipinski definition) is 5. The molecule has 0 unspecified atom stereocenters. The van der Waals surface area contributed by atoms with Crippen molar-refractivity contribution in [3.63, 3.8) is 0 Å². The van der Waals surface area contributed by atoms with Crippen LogP contribution < -0.4 is 10.5 Å². The molecule has 1 aliphatic rings. The van der Waals surface area contributed by atoms with Crippen LogP contribution in [-0.2, 0) is 10.0 Å². The van der Waals surface area contributed by atoms with Crippen molar-refractivity contribution in [2.45, 2.75) is 31.6 Å². The average molecular weight is 270 g/mol. The maximum absolute atomic E-state index is 12.0. The SMILES string of the molecule is CC(C)C1(CNS(=O)(=O)c2cnc(N)nc2)CC1. The molecule has 1 aromatic heterocycles. The molecular weight excluding hydrogens is 252 g/mol. The third-order valence-electron chi connectivity index (χ3n) is 3.69. The van der Waals surface area contributed by atoms with Gasteiger partial charge in [0, 0.05) is 6.54 Å². The highest BCUT2D eigenvalue weighted by molar-refractivity contribution is 7.89. The molecule has 0 aromatic carbocycles. The first kappa shape index (κ1) is 13.2. The van der Waals surface area contributed by atoms with E-state index in [1.165, 1.54) is 12.4 Å². The first-order valence-corrected chi connectivity index (χ1v) is 7.41. The summed E-state index contributed by atoms with van der Waals surface area (Å²) in [7, 11) is -3.53. The number of anilines is 1. The molecule has 3 N–H and O–H groups in total. The summed E-state index contributed by atoms with van der Waals surface area (Å²) in [5.74, 6) is 0.540. The zero-order chi connectivity index (χ0) is 13.4. The minimum atomic E-state index is -3.53. The fraction of sp³-hybridized carbons (Fsp3) is 0.636. The molecule has 18 heavy (non-hydrogen) atoms. The van der Waals surface area contributed by atoms with Gasteiger partial charge < -0.3 is 5.73 Å². The van der Waals surface area contributed by atoms with Gasteiger partial charge in [-0.05, 0) is 24.2 Å². The molecule has 1 fully saturated rings. The second-order valence-electron chi connectivity index (χ2n) is 5.12. The smallest absolute Gasteiger partial charge is 0.243 e. The standard InChI is InChI=1S/C11H18N4O2S/c1-8(2)11(3-4-11)7-15-18(16,17)9-5-13-10(12)14-6-9/h5-6,8,15H,3-4,7H2,1-2H3,(H2,12,13,14). The Kier molecular flexibility index (Phi) is 3.29. The molecule has 1 aliphatic carbocycles. The molecule has 0 atom stereocenters. The van der Waals surface area contributed by atoms with Gasteiger partial charge in [0.2, 0.25) is 16.0 Å². The molecule has 0 radical (unpaired) electrons. The highest BCUT2D eigenvalue weighted by atomic mass is 32.2. The van der Waals surface area contributed by atoms with E-state index in [0.717, 1.165) is 12.8 Å². The highest BCUT2D eigenvalue weighted by Gasteiger charge is 2.45. The Labute approximate surface area is 107 Å². The van der Waals surface area contributed by atoms with Gasteiger partial charge in [0.1, 0.15) is 4.90 Å². The van der Waals surface area contributed by atoms with E-state index in [1.807, 2.05) is 0 Å². The fourth-order valence-electron chi connectivity index (χ4n) is 1.91. The van der Waals surface area contributed by atoms with Gasteiger partial charge in [0.25, 0.3) is 0 Å². The Bertz CT molecular complexity index is 520. The molecule has 7 heteroatoms. The molecule has 0 amide bonds. The van der Waals surface area contributed by atoms with Crippen molar-refractivity contribution in [2.24, 2.45) is 11.3 Å². The number of hydrogen-bond donors (Lipinski definition) is 2. The lowest BCUT2D eigenvalue weighted by atomic mass is 9.93. The number of sulfonamides is 1. The van der Waals surface area contributed by atoms with E-state index < -0.39 is 10.0 Å². The largest absolute Gasteiger partial charge is 0.368 e. The van der Waals surface area contributed by atoms with Crippen LogP contribution in [0.25, 0.3) is 0 Å². The van der Waals surface area contributed by atoms with Gasteiger partial charge in [-0.1, -0.05) is 13.8 Å². The number of aromatic nitrogens is 2. The average Bonchev–Trinajstić information content (AvgIpc) is 3.08. The van der Waals surface area contributed by atoms with Crippen LogP contribution in [0.5, 0.6) is 0 Å². The molecule has 1 saturated carbocycles. The molecule has 0 bridgehead atoms. The van der Waals surface area contributed by atoms with Gasteiger partial charge >= 0.3 is 0 Å². The molecule has 100 valence electrons. The summed E-state index contributed by atoms with van der Waals surface area (Å²) in [6.45, 7) is 4.71. The second-order valence-corrected chi connectivity index (χ2v) is 6.89. The van der Waals surface area contributed by atoms with E-state index in [-0.39, 0.29) is 16.3 Å². The maximum atomic E-state index is 12.0. The van der Waals surface area contributed by atoms with Crippen LogP contribution in [0.15, 0.2) is 17.3 Å². The summed E-state index contributed by atoms with van der Waals surface area (Å²) < 4.78 is 26.6. The van der Waals surface area contributed by atoms with E-state index in [4.69, 9.17) is 5.73 Å². The first-order chi connectivity index (χ1) is 8.36. The molecule has 1 aromatic rings. The summed E-state index contributed by atoms with van der Waals surface area (Å²) >= 11 is 0.